The van der Waals surface area contributed by atoms with E-state index in [1.54, 1.807) is 19.9 Å². The van der Waals surface area contributed by atoms with E-state index in [2.05, 4.69) is 0 Å². The van der Waals surface area contributed by atoms with Gasteiger partial charge in [0.1, 0.15) is 11.8 Å². The topological polar surface area (TPSA) is 79.5 Å². The van der Waals surface area contributed by atoms with Crippen LogP contribution in [-0.4, -0.2) is 18.3 Å². The average molecular weight is 219 g/mol. The van der Waals surface area contributed by atoms with Crippen LogP contribution < -0.4 is 0 Å². The van der Waals surface area contributed by atoms with Gasteiger partial charge < -0.3 is 14.2 Å². The van der Waals surface area contributed by atoms with E-state index < -0.39 is 7.60 Å². The van der Waals surface area contributed by atoms with Crippen LogP contribution >= 0.6 is 7.60 Å². The number of nitriles is 1. The molecule has 0 aromatic rings. The summed E-state index contributed by atoms with van der Waals surface area (Å²) in [6.45, 7) is 4.83. The second kappa shape index (κ2) is 5.82. The third-order valence-electron chi connectivity index (χ3n) is 1.32. The Morgan fingerprint density at radius 1 is 1.43 bits per heavy atom. The van der Waals surface area contributed by atoms with Crippen LogP contribution in [0.2, 0.25) is 0 Å². The summed E-state index contributed by atoms with van der Waals surface area (Å²) in [5.41, 5.74) is 0. The van der Waals surface area contributed by atoms with E-state index in [0.29, 0.717) is 0 Å². The molecule has 0 radical (unpaired) electrons. The molecule has 0 bridgehead atoms. The summed E-state index contributed by atoms with van der Waals surface area (Å²) in [6, 6.07) is 1.63. The van der Waals surface area contributed by atoms with Gasteiger partial charge >= 0.3 is 7.60 Å². The van der Waals surface area contributed by atoms with Crippen molar-refractivity contribution in [3.05, 3.63) is 11.1 Å². The lowest BCUT2D eigenvalue weighted by Crippen LogP contribution is -1.99. The standard InChI is InChI=1S/C8H14NO4P/c1-4-12-14(11,13-5-2)8(6-9)7(3)10/h10H,4-5H2,1-3H3. The third-order valence-corrected chi connectivity index (χ3v) is 3.49. The molecule has 0 aromatic heterocycles. The molecule has 0 aliphatic heterocycles. The molecule has 0 saturated heterocycles. The highest BCUT2D eigenvalue weighted by atomic mass is 31.2. The molecule has 0 amide bonds. The van der Waals surface area contributed by atoms with Gasteiger partial charge in [-0.15, -0.1) is 0 Å². The zero-order valence-electron chi connectivity index (χ0n) is 8.48. The van der Waals surface area contributed by atoms with E-state index in [9.17, 15) is 4.57 Å². The molecular weight excluding hydrogens is 205 g/mol. The minimum atomic E-state index is -3.62. The van der Waals surface area contributed by atoms with Crippen molar-refractivity contribution >= 4 is 7.60 Å². The molecule has 0 aliphatic carbocycles. The molecule has 0 atom stereocenters. The Hall–Kier alpha value is -0.820. The van der Waals surface area contributed by atoms with Crippen molar-refractivity contribution in [2.75, 3.05) is 13.2 Å². The van der Waals surface area contributed by atoms with Crippen molar-refractivity contribution in [2.24, 2.45) is 0 Å². The van der Waals surface area contributed by atoms with Gasteiger partial charge in [0.05, 0.1) is 13.2 Å². The molecule has 0 aliphatic rings. The van der Waals surface area contributed by atoms with E-state index in [4.69, 9.17) is 19.4 Å². The molecular formula is C8H14NO4P. The highest BCUT2D eigenvalue weighted by molar-refractivity contribution is 7.58. The Kier molecular flexibility index (Phi) is 5.47. The fraction of sp³-hybridized carbons (Fsp3) is 0.625. The summed E-state index contributed by atoms with van der Waals surface area (Å²) in [4.78, 5) is 0. The maximum atomic E-state index is 11.9. The molecule has 0 aromatic carbocycles. The van der Waals surface area contributed by atoms with Gasteiger partial charge in [-0.1, -0.05) is 0 Å². The lowest BCUT2D eigenvalue weighted by atomic mass is 10.5. The maximum absolute atomic E-state index is 11.9. The van der Waals surface area contributed by atoms with Gasteiger partial charge in [-0.05, 0) is 20.8 Å². The molecule has 0 unspecified atom stereocenters. The number of nitrogens with zero attached hydrogens (tertiary/aromatic N) is 1. The summed E-state index contributed by atoms with van der Waals surface area (Å²) in [6.07, 6.45) is 0. The largest absolute Gasteiger partial charge is 0.511 e. The minimum absolute atomic E-state index is 0.149. The first-order valence-corrected chi connectivity index (χ1v) is 5.75. The SMILES string of the molecule is CCOP(=O)(OCC)C(C#N)=C(C)O. The quantitative estimate of drug-likeness (QED) is 0.436. The first kappa shape index (κ1) is 13.2. The first-order chi connectivity index (χ1) is 6.51. The van der Waals surface area contributed by atoms with Crippen LogP contribution in [-0.2, 0) is 13.6 Å². The number of aliphatic hydroxyl groups excluding tert-OH is 1. The summed E-state index contributed by atoms with van der Waals surface area (Å²) < 4.78 is 21.7. The second-order valence-corrected chi connectivity index (χ2v) is 4.34. The van der Waals surface area contributed by atoms with Gasteiger partial charge in [-0.2, -0.15) is 5.26 Å². The van der Waals surface area contributed by atoms with E-state index in [0.717, 1.165) is 0 Å². The fourth-order valence-corrected chi connectivity index (χ4v) is 2.38. The Balaban J connectivity index is 5.11. The van der Waals surface area contributed by atoms with Crippen molar-refractivity contribution in [1.82, 2.24) is 0 Å². The molecule has 5 nitrogen and oxygen atoms in total. The van der Waals surface area contributed by atoms with Gasteiger partial charge in [0, 0.05) is 0 Å². The van der Waals surface area contributed by atoms with Crippen LogP contribution in [0.1, 0.15) is 20.8 Å². The van der Waals surface area contributed by atoms with E-state index in [1.165, 1.54) is 6.92 Å². The Morgan fingerprint density at radius 3 is 2.07 bits per heavy atom. The molecule has 0 heterocycles. The van der Waals surface area contributed by atoms with Crippen molar-refractivity contribution in [2.45, 2.75) is 20.8 Å². The number of hydrogen-bond donors (Lipinski definition) is 1. The number of aliphatic hydroxyl groups is 1. The van der Waals surface area contributed by atoms with Crippen molar-refractivity contribution < 1.29 is 18.7 Å². The molecule has 0 rings (SSSR count). The second-order valence-electron chi connectivity index (χ2n) is 2.38. The number of allylic oxidation sites excluding steroid dienone is 2. The Morgan fingerprint density at radius 2 is 1.86 bits per heavy atom. The van der Waals surface area contributed by atoms with Gasteiger partial charge in [0.25, 0.3) is 0 Å². The van der Waals surface area contributed by atoms with Gasteiger partial charge in [0.15, 0.2) is 5.31 Å². The fourth-order valence-electron chi connectivity index (χ4n) is 0.847. The molecule has 0 fully saturated rings. The van der Waals surface area contributed by atoms with Crippen LogP contribution in [0.15, 0.2) is 11.1 Å². The van der Waals surface area contributed by atoms with Crippen LogP contribution in [0.5, 0.6) is 0 Å². The Bertz CT molecular complexity index is 291. The molecule has 0 spiro atoms. The molecule has 0 saturated carbocycles. The summed E-state index contributed by atoms with van der Waals surface area (Å²) in [7, 11) is -3.62. The van der Waals surface area contributed by atoms with Crippen LogP contribution in [0.25, 0.3) is 0 Å². The average Bonchev–Trinajstić information content (AvgIpc) is 2.04. The van der Waals surface area contributed by atoms with E-state index in [1.807, 2.05) is 0 Å². The molecule has 80 valence electrons. The monoisotopic (exact) mass is 219 g/mol. The zero-order valence-corrected chi connectivity index (χ0v) is 9.38. The maximum Gasteiger partial charge on any atom is 0.375 e. The normalized spacial score (nSPS) is 13.3. The minimum Gasteiger partial charge on any atom is -0.511 e. The highest BCUT2D eigenvalue weighted by Crippen LogP contribution is 2.56. The molecule has 14 heavy (non-hydrogen) atoms. The lowest BCUT2D eigenvalue weighted by molar-refractivity contribution is 0.226. The van der Waals surface area contributed by atoms with Crippen LogP contribution in [0, 0.1) is 11.3 Å². The predicted molar refractivity (Wildman–Crippen MR) is 51.8 cm³/mol. The van der Waals surface area contributed by atoms with Crippen molar-refractivity contribution in [1.29, 1.82) is 5.26 Å². The first-order valence-electron chi connectivity index (χ1n) is 4.21. The molecule has 6 heteroatoms. The van der Waals surface area contributed by atoms with Gasteiger partial charge in [-0.3, -0.25) is 4.57 Å². The summed E-state index contributed by atoms with van der Waals surface area (Å²) in [5.74, 6) is -0.335. The van der Waals surface area contributed by atoms with Crippen LogP contribution in [0.3, 0.4) is 0 Å². The molecule has 1 N–H and O–H groups in total. The lowest BCUT2D eigenvalue weighted by Gasteiger charge is -2.15. The van der Waals surface area contributed by atoms with Gasteiger partial charge in [0.2, 0.25) is 0 Å². The van der Waals surface area contributed by atoms with E-state index in [-0.39, 0.29) is 24.3 Å². The van der Waals surface area contributed by atoms with Crippen LogP contribution in [0.4, 0.5) is 0 Å². The zero-order chi connectivity index (χ0) is 11.2. The third kappa shape index (κ3) is 3.15. The summed E-state index contributed by atoms with van der Waals surface area (Å²) >= 11 is 0. The summed E-state index contributed by atoms with van der Waals surface area (Å²) in [5, 5.41) is 17.5. The predicted octanol–water partition coefficient (Wildman–Crippen LogP) is 2.57. The smallest absolute Gasteiger partial charge is 0.375 e. The van der Waals surface area contributed by atoms with Crippen molar-refractivity contribution in [3.63, 3.8) is 0 Å². The van der Waals surface area contributed by atoms with Crippen molar-refractivity contribution in [3.8, 4) is 6.07 Å². The highest BCUT2D eigenvalue weighted by Gasteiger charge is 2.32. The van der Waals surface area contributed by atoms with Gasteiger partial charge in [-0.25, -0.2) is 0 Å². The number of rotatable bonds is 5. The Labute approximate surface area is 83.5 Å². The van der Waals surface area contributed by atoms with E-state index >= 15 is 0 Å². The number of hydrogen-bond acceptors (Lipinski definition) is 5.